The van der Waals surface area contributed by atoms with E-state index in [-0.39, 0.29) is 5.57 Å². The van der Waals surface area contributed by atoms with Gasteiger partial charge in [0.05, 0.1) is 0 Å². The molecule has 0 heterocycles. The lowest BCUT2D eigenvalue weighted by atomic mass is 10.1. The second kappa shape index (κ2) is 5.68. The molecule has 0 aromatic rings. The van der Waals surface area contributed by atoms with Gasteiger partial charge in [-0.1, -0.05) is 19.1 Å². The highest BCUT2D eigenvalue weighted by Gasteiger charge is 2.24. The maximum absolute atomic E-state index is 12.8. The topological polar surface area (TPSA) is 12.4 Å². The minimum atomic E-state index is -2.81. The fourth-order valence-corrected chi connectivity index (χ4v) is 0.961. The minimum absolute atomic E-state index is 0.0543. The molecule has 1 nitrogen and oxygen atoms in total. The van der Waals surface area contributed by atoms with Gasteiger partial charge in [-0.15, -0.1) is 0 Å². The molecule has 0 amide bonds. The summed E-state index contributed by atoms with van der Waals surface area (Å²) < 4.78 is 25.7. The largest absolute Gasteiger partial charge is 0.271 e. The number of nitrogens with zero attached hydrogens (tertiary/aromatic N) is 1. The molecular formula is C11H17F2N. The predicted octanol–water partition coefficient (Wildman–Crippen LogP) is 3.97. The van der Waals surface area contributed by atoms with Crippen molar-refractivity contribution >= 4 is 6.21 Å². The first-order valence-electron chi connectivity index (χ1n) is 4.67. The van der Waals surface area contributed by atoms with E-state index in [9.17, 15) is 8.78 Å². The number of rotatable bonds is 4. The summed E-state index contributed by atoms with van der Waals surface area (Å²) in [6, 6.07) is 0. The summed E-state index contributed by atoms with van der Waals surface area (Å²) in [6.07, 6.45) is 5.35. The summed E-state index contributed by atoms with van der Waals surface area (Å²) in [5.74, 6) is -2.81. The number of alkyl halides is 2. The van der Waals surface area contributed by atoms with Gasteiger partial charge in [0, 0.05) is 24.4 Å². The smallest absolute Gasteiger partial charge is 0.261 e. The van der Waals surface area contributed by atoms with Crippen LogP contribution in [0.2, 0.25) is 0 Å². The molecule has 0 radical (unpaired) electrons. The molecule has 0 rings (SSSR count). The van der Waals surface area contributed by atoms with E-state index >= 15 is 0 Å². The fourth-order valence-electron chi connectivity index (χ4n) is 0.961. The zero-order valence-corrected chi connectivity index (χ0v) is 9.14. The van der Waals surface area contributed by atoms with Gasteiger partial charge in [0.15, 0.2) is 0 Å². The van der Waals surface area contributed by atoms with Crippen LogP contribution in [0.15, 0.2) is 28.4 Å². The van der Waals surface area contributed by atoms with Crippen molar-refractivity contribution in [2.24, 2.45) is 4.99 Å². The van der Waals surface area contributed by atoms with E-state index in [1.807, 2.05) is 13.0 Å². The molecular weight excluding hydrogens is 184 g/mol. The van der Waals surface area contributed by atoms with E-state index in [0.29, 0.717) is 0 Å². The molecule has 0 unspecified atom stereocenters. The van der Waals surface area contributed by atoms with E-state index in [4.69, 9.17) is 0 Å². The van der Waals surface area contributed by atoms with Gasteiger partial charge in [0.25, 0.3) is 5.92 Å². The van der Waals surface area contributed by atoms with Crippen LogP contribution in [0.5, 0.6) is 0 Å². The van der Waals surface area contributed by atoms with Gasteiger partial charge in [-0.25, -0.2) is 8.78 Å². The molecule has 0 N–H and O–H groups in total. The predicted molar refractivity (Wildman–Crippen MR) is 56.9 cm³/mol. The van der Waals surface area contributed by atoms with Gasteiger partial charge < -0.3 is 0 Å². The van der Waals surface area contributed by atoms with Gasteiger partial charge >= 0.3 is 0 Å². The number of hydrogen-bond donors (Lipinski definition) is 0. The van der Waals surface area contributed by atoms with E-state index in [1.54, 1.807) is 13.8 Å². The van der Waals surface area contributed by atoms with Gasteiger partial charge in [0.1, 0.15) is 0 Å². The first-order chi connectivity index (χ1) is 6.41. The van der Waals surface area contributed by atoms with Crippen molar-refractivity contribution < 1.29 is 8.78 Å². The third-order valence-electron chi connectivity index (χ3n) is 1.72. The monoisotopic (exact) mass is 201 g/mol. The van der Waals surface area contributed by atoms with Gasteiger partial charge in [0.2, 0.25) is 0 Å². The van der Waals surface area contributed by atoms with Crippen molar-refractivity contribution in [2.45, 2.75) is 40.0 Å². The SMILES string of the molecule is C\C=C(/C=N/C(C)=C/CC)C(C)(F)F. The molecule has 0 aliphatic heterocycles. The summed E-state index contributed by atoms with van der Waals surface area (Å²) in [6.45, 7) is 6.22. The lowest BCUT2D eigenvalue weighted by Crippen LogP contribution is -2.14. The number of halogens is 2. The Hall–Kier alpha value is -0.990. The van der Waals surface area contributed by atoms with Crippen LogP contribution < -0.4 is 0 Å². The summed E-state index contributed by atoms with van der Waals surface area (Å²) in [7, 11) is 0. The molecule has 0 aromatic heterocycles. The molecule has 0 bridgehead atoms. The van der Waals surface area contributed by atoms with Crippen molar-refractivity contribution in [1.82, 2.24) is 0 Å². The Kier molecular flexibility index (Phi) is 5.28. The van der Waals surface area contributed by atoms with E-state index < -0.39 is 5.92 Å². The van der Waals surface area contributed by atoms with Crippen LogP contribution in [0, 0.1) is 0 Å². The van der Waals surface area contributed by atoms with Crippen molar-refractivity contribution in [3.05, 3.63) is 23.4 Å². The van der Waals surface area contributed by atoms with Crippen molar-refractivity contribution in [3.8, 4) is 0 Å². The van der Waals surface area contributed by atoms with Gasteiger partial charge in [-0.05, 0) is 20.3 Å². The standard InChI is InChI=1S/C11H17F2N/c1-5-7-9(3)14-8-10(6-2)11(4,12)13/h6-8H,5H2,1-4H3/b9-7+,10-6+,14-8+. The lowest BCUT2D eigenvalue weighted by molar-refractivity contribution is 0.0705. The average Bonchev–Trinajstić information content (AvgIpc) is 2.03. The molecule has 0 aliphatic carbocycles. The first-order valence-corrected chi connectivity index (χ1v) is 4.67. The van der Waals surface area contributed by atoms with Crippen molar-refractivity contribution in [3.63, 3.8) is 0 Å². The highest BCUT2D eigenvalue weighted by molar-refractivity contribution is 5.81. The Labute approximate surface area is 84.2 Å². The zero-order chi connectivity index (χ0) is 11.2. The normalized spacial score (nSPS) is 15.3. The summed E-state index contributed by atoms with van der Waals surface area (Å²) >= 11 is 0. The van der Waals surface area contributed by atoms with E-state index in [1.165, 1.54) is 12.3 Å². The molecule has 3 heteroatoms. The number of hydrogen-bond acceptors (Lipinski definition) is 1. The maximum Gasteiger partial charge on any atom is 0.271 e. The molecule has 0 saturated heterocycles. The summed E-state index contributed by atoms with van der Waals surface area (Å²) in [5.41, 5.74) is 0.706. The molecule has 0 saturated carbocycles. The lowest BCUT2D eigenvalue weighted by Gasteiger charge is -2.09. The summed E-state index contributed by atoms with van der Waals surface area (Å²) in [5, 5.41) is 0. The van der Waals surface area contributed by atoms with Crippen molar-refractivity contribution in [1.29, 1.82) is 0 Å². The van der Waals surface area contributed by atoms with Gasteiger partial charge in [-0.3, -0.25) is 4.99 Å². The Morgan fingerprint density at radius 1 is 1.43 bits per heavy atom. The van der Waals surface area contributed by atoms with Crippen LogP contribution in [0.1, 0.15) is 34.1 Å². The van der Waals surface area contributed by atoms with Crippen LogP contribution in [0.4, 0.5) is 8.78 Å². The molecule has 80 valence electrons. The highest BCUT2D eigenvalue weighted by Crippen LogP contribution is 2.21. The zero-order valence-electron chi connectivity index (χ0n) is 9.14. The highest BCUT2D eigenvalue weighted by atomic mass is 19.3. The molecule has 0 aromatic carbocycles. The molecule has 0 spiro atoms. The Bertz CT molecular complexity index is 257. The minimum Gasteiger partial charge on any atom is -0.261 e. The molecule has 0 aliphatic rings. The van der Waals surface area contributed by atoms with Crippen LogP contribution in [-0.2, 0) is 0 Å². The number of aliphatic imine (C=N–C) groups is 1. The Balaban J connectivity index is 4.58. The van der Waals surface area contributed by atoms with E-state index in [0.717, 1.165) is 19.0 Å². The molecule has 0 atom stereocenters. The Morgan fingerprint density at radius 2 is 2.00 bits per heavy atom. The molecule has 0 fully saturated rings. The first kappa shape index (κ1) is 13.0. The van der Waals surface area contributed by atoms with Crippen LogP contribution in [0.25, 0.3) is 0 Å². The van der Waals surface area contributed by atoms with Crippen LogP contribution in [0.3, 0.4) is 0 Å². The molecule has 14 heavy (non-hydrogen) atoms. The second-order valence-electron chi connectivity index (χ2n) is 3.14. The van der Waals surface area contributed by atoms with E-state index in [2.05, 4.69) is 4.99 Å². The van der Waals surface area contributed by atoms with Crippen molar-refractivity contribution in [2.75, 3.05) is 0 Å². The third kappa shape index (κ3) is 4.90. The summed E-state index contributed by atoms with van der Waals surface area (Å²) in [4.78, 5) is 3.94. The number of allylic oxidation sites excluding steroid dienone is 4. The fraction of sp³-hybridized carbons (Fsp3) is 0.545. The van der Waals surface area contributed by atoms with Crippen LogP contribution >= 0.6 is 0 Å². The second-order valence-corrected chi connectivity index (χ2v) is 3.14. The quantitative estimate of drug-likeness (QED) is 0.610. The Morgan fingerprint density at radius 3 is 2.36 bits per heavy atom. The average molecular weight is 201 g/mol. The van der Waals surface area contributed by atoms with Gasteiger partial charge in [-0.2, -0.15) is 0 Å². The third-order valence-corrected chi connectivity index (χ3v) is 1.72. The maximum atomic E-state index is 12.8. The van der Waals surface area contributed by atoms with Crippen LogP contribution in [-0.4, -0.2) is 12.1 Å².